The number of Topliss-reactive ketones (excluding diaryl/α,β-unsaturated/α-hetero) is 1. The van der Waals surface area contributed by atoms with Gasteiger partial charge in [-0.1, -0.05) is 71.6 Å². The normalized spacial score (nSPS) is 10.7. The molecule has 0 aliphatic heterocycles. The van der Waals surface area contributed by atoms with Crippen LogP contribution < -0.4 is 0 Å². The first-order valence-corrected chi connectivity index (χ1v) is 9.82. The second-order valence-electron chi connectivity index (χ2n) is 5.12. The van der Waals surface area contributed by atoms with Crippen LogP contribution >= 0.6 is 35.3 Å². The molecule has 3 aromatic rings. The molecule has 24 heavy (non-hydrogen) atoms. The van der Waals surface area contributed by atoms with E-state index in [9.17, 15) is 4.79 Å². The molecule has 0 saturated heterocycles. The number of nitrogens with zero attached hydrogens (tertiary/aromatic N) is 2. The molecule has 0 unspecified atom stereocenters. The molecule has 1 heterocycles. The van der Waals surface area contributed by atoms with E-state index >= 15 is 0 Å². The lowest BCUT2D eigenvalue weighted by Gasteiger charge is -2.00. The summed E-state index contributed by atoms with van der Waals surface area (Å²) in [4.78, 5) is 12.1. The minimum atomic E-state index is 0.193. The Balaban J connectivity index is 1.53. The number of carbonyl (C=O) groups excluding carboxylic acids is 1. The number of ketones is 1. The molecule has 2 aromatic carbocycles. The molecular weight excluding hydrogens is 356 g/mol. The molecule has 0 spiro atoms. The molecule has 0 aliphatic rings. The summed E-state index contributed by atoms with van der Waals surface area (Å²) in [5.41, 5.74) is 1.76. The molecule has 6 heteroatoms. The minimum absolute atomic E-state index is 0.193. The van der Waals surface area contributed by atoms with Crippen LogP contribution in [0.4, 0.5) is 0 Å². The van der Waals surface area contributed by atoms with Gasteiger partial charge in [-0.25, -0.2) is 4.68 Å². The third-order valence-corrected chi connectivity index (χ3v) is 5.85. The maximum Gasteiger partial charge on any atom is 0.184 e. The van der Waals surface area contributed by atoms with E-state index in [1.54, 1.807) is 16.4 Å². The largest absolute Gasteiger partial charge is 0.294 e. The summed E-state index contributed by atoms with van der Waals surface area (Å²) in [6, 6.07) is 19.3. The highest BCUT2D eigenvalue weighted by atomic mass is 32.2. The van der Waals surface area contributed by atoms with Gasteiger partial charge in [0.2, 0.25) is 0 Å². The van der Waals surface area contributed by atoms with Crippen molar-refractivity contribution in [1.29, 1.82) is 0 Å². The minimum Gasteiger partial charge on any atom is -0.294 e. The van der Waals surface area contributed by atoms with Crippen molar-refractivity contribution >= 4 is 41.1 Å². The van der Waals surface area contributed by atoms with Gasteiger partial charge in [-0.15, -0.1) is 5.10 Å². The van der Waals surface area contributed by atoms with Crippen LogP contribution in [0.3, 0.4) is 0 Å². The highest BCUT2D eigenvalue weighted by Crippen LogP contribution is 2.25. The van der Waals surface area contributed by atoms with Crippen LogP contribution in [0.15, 0.2) is 65.0 Å². The summed E-state index contributed by atoms with van der Waals surface area (Å²) in [7, 11) is 0. The molecule has 0 aliphatic carbocycles. The summed E-state index contributed by atoms with van der Waals surface area (Å²) in [5, 5.41) is 4.56. The van der Waals surface area contributed by atoms with E-state index in [1.807, 2.05) is 60.7 Å². The predicted molar refractivity (Wildman–Crippen MR) is 103 cm³/mol. The molecule has 0 bridgehead atoms. The van der Waals surface area contributed by atoms with Crippen LogP contribution in [-0.4, -0.2) is 21.3 Å². The highest BCUT2D eigenvalue weighted by Gasteiger charge is 2.08. The topological polar surface area (TPSA) is 34.9 Å². The molecular formula is C18H16N2OS3. The molecule has 0 radical (unpaired) electrons. The maximum atomic E-state index is 12.1. The Hall–Kier alpha value is -1.76. The summed E-state index contributed by atoms with van der Waals surface area (Å²) in [6.07, 6.45) is 1.39. The van der Waals surface area contributed by atoms with Gasteiger partial charge >= 0.3 is 0 Å². The Morgan fingerprint density at radius 1 is 1.08 bits per heavy atom. The molecule has 0 amide bonds. The molecule has 0 fully saturated rings. The smallest absolute Gasteiger partial charge is 0.184 e. The number of carbonyl (C=O) groups is 1. The number of hydrogen-bond acceptors (Lipinski definition) is 5. The van der Waals surface area contributed by atoms with Crippen molar-refractivity contribution in [2.45, 2.75) is 17.2 Å². The molecule has 0 saturated carbocycles. The van der Waals surface area contributed by atoms with Gasteiger partial charge in [0.25, 0.3) is 0 Å². The third kappa shape index (κ3) is 4.41. The maximum absolute atomic E-state index is 12.1. The zero-order chi connectivity index (χ0) is 16.8. The zero-order valence-electron chi connectivity index (χ0n) is 12.9. The molecule has 1 aromatic heterocycles. The van der Waals surface area contributed by atoms with Crippen LogP contribution in [0.1, 0.15) is 23.2 Å². The van der Waals surface area contributed by atoms with Gasteiger partial charge < -0.3 is 0 Å². The molecule has 122 valence electrons. The van der Waals surface area contributed by atoms with E-state index in [0.717, 1.165) is 31.7 Å². The second kappa shape index (κ2) is 8.37. The fraction of sp³-hybridized carbons (Fsp3) is 0.167. The monoisotopic (exact) mass is 372 g/mol. The van der Waals surface area contributed by atoms with Crippen molar-refractivity contribution in [3.8, 4) is 5.69 Å². The second-order valence-corrected chi connectivity index (χ2v) is 8.09. The molecule has 0 N–H and O–H groups in total. The average Bonchev–Trinajstić information content (AvgIpc) is 3.01. The Morgan fingerprint density at radius 3 is 2.46 bits per heavy atom. The lowest BCUT2D eigenvalue weighted by molar-refractivity contribution is 0.0982. The Labute approximate surface area is 154 Å². The Kier molecular flexibility index (Phi) is 5.96. The zero-order valence-corrected chi connectivity index (χ0v) is 15.4. The van der Waals surface area contributed by atoms with E-state index in [-0.39, 0.29) is 5.78 Å². The van der Waals surface area contributed by atoms with Crippen LogP contribution in [0, 0.1) is 3.95 Å². The van der Waals surface area contributed by atoms with E-state index < -0.39 is 0 Å². The van der Waals surface area contributed by atoms with Gasteiger partial charge in [0.1, 0.15) is 0 Å². The number of hydrogen-bond donors (Lipinski definition) is 0. The van der Waals surface area contributed by atoms with Crippen molar-refractivity contribution < 1.29 is 4.79 Å². The van der Waals surface area contributed by atoms with Crippen molar-refractivity contribution in [2.75, 3.05) is 5.75 Å². The van der Waals surface area contributed by atoms with Gasteiger partial charge in [-0.2, -0.15) is 0 Å². The van der Waals surface area contributed by atoms with E-state index in [4.69, 9.17) is 12.2 Å². The van der Waals surface area contributed by atoms with Crippen LogP contribution in [-0.2, 0) is 0 Å². The molecule has 3 rings (SSSR count). The standard InChI is InChI=1S/C18H16N2OS3/c21-16(14-8-3-1-4-9-14)12-7-13-23-17-19-20(18(22)24-17)15-10-5-2-6-11-15/h1-6,8-11H,7,12-13H2. The number of benzene rings is 2. The summed E-state index contributed by atoms with van der Waals surface area (Å²) in [6.45, 7) is 0. The first-order chi connectivity index (χ1) is 11.7. The summed E-state index contributed by atoms with van der Waals surface area (Å²) in [5.74, 6) is 1.05. The van der Waals surface area contributed by atoms with Crippen molar-refractivity contribution in [1.82, 2.24) is 9.78 Å². The first-order valence-electron chi connectivity index (χ1n) is 7.61. The Morgan fingerprint density at radius 2 is 1.75 bits per heavy atom. The van der Waals surface area contributed by atoms with Crippen molar-refractivity contribution in [3.05, 3.63) is 70.2 Å². The van der Waals surface area contributed by atoms with Gasteiger partial charge in [0, 0.05) is 17.7 Å². The van der Waals surface area contributed by atoms with E-state index in [0.29, 0.717) is 6.42 Å². The van der Waals surface area contributed by atoms with Gasteiger partial charge in [-0.05, 0) is 30.8 Å². The third-order valence-electron chi connectivity index (χ3n) is 3.40. The first kappa shape index (κ1) is 17.1. The van der Waals surface area contributed by atoms with Crippen molar-refractivity contribution in [3.63, 3.8) is 0 Å². The number of rotatable bonds is 7. The van der Waals surface area contributed by atoms with E-state index in [1.165, 1.54) is 11.3 Å². The average molecular weight is 373 g/mol. The molecule has 3 nitrogen and oxygen atoms in total. The van der Waals surface area contributed by atoms with E-state index in [2.05, 4.69) is 5.10 Å². The lowest BCUT2D eigenvalue weighted by Crippen LogP contribution is -1.99. The SMILES string of the molecule is O=C(CCCSc1nn(-c2ccccc2)c(=S)s1)c1ccccc1. The number of para-hydroxylation sites is 1. The fourth-order valence-electron chi connectivity index (χ4n) is 2.21. The van der Waals surface area contributed by atoms with Crippen molar-refractivity contribution in [2.24, 2.45) is 0 Å². The fourth-order valence-corrected chi connectivity index (χ4v) is 4.58. The van der Waals surface area contributed by atoms with Crippen LogP contribution in [0.2, 0.25) is 0 Å². The van der Waals surface area contributed by atoms with Crippen LogP contribution in [0.25, 0.3) is 5.69 Å². The van der Waals surface area contributed by atoms with Gasteiger partial charge in [0.15, 0.2) is 14.1 Å². The van der Waals surface area contributed by atoms with Gasteiger partial charge in [-0.3, -0.25) is 4.79 Å². The predicted octanol–water partition coefficient (Wildman–Crippen LogP) is 5.42. The number of thioether (sulfide) groups is 1. The Bertz CT molecular complexity index is 857. The summed E-state index contributed by atoms with van der Waals surface area (Å²) < 4.78 is 3.47. The highest BCUT2D eigenvalue weighted by molar-refractivity contribution is 8.01. The van der Waals surface area contributed by atoms with Crippen LogP contribution in [0.5, 0.6) is 0 Å². The van der Waals surface area contributed by atoms with Gasteiger partial charge in [0.05, 0.1) is 5.69 Å². The quantitative estimate of drug-likeness (QED) is 0.240. The number of aromatic nitrogens is 2. The molecule has 0 atom stereocenters. The lowest BCUT2D eigenvalue weighted by atomic mass is 10.1. The summed E-state index contributed by atoms with van der Waals surface area (Å²) >= 11 is 8.55.